The normalized spacial score (nSPS) is 11.5. The van der Waals surface area contributed by atoms with Gasteiger partial charge in [-0.25, -0.2) is 0 Å². The number of carbonyl (C=O) groups is 1. The van der Waals surface area contributed by atoms with E-state index < -0.39 is 12.1 Å². The number of carbonyl (C=O) groups excluding carboxylic acids is 1. The lowest BCUT2D eigenvalue weighted by Gasteiger charge is -2.07. The highest BCUT2D eigenvalue weighted by atomic mass is 19.4. The summed E-state index contributed by atoms with van der Waals surface area (Å²) >= 11 is 0. The molecule has 31 heavy (non-hydrogen) atoms. The number of hydrogen-bond donors (Lipinski definition) is 1. The van der Waals surface area contributed by atoms with Gasteiger partial charge in [0.25, 0.3) is 0 Å². The van der Waals surface area contributed by atoms with E-state index in [4.69, 9.17) is 9.47 Å². The molecule has 0 bridgehead atoms. The summed E-state index contributed by atoms with van der Waals surface area (Å²) in [4.78, 5) is 15.2. The maximum atomic E-state index is 12.5. The van der Waals surface area contributed by atoms with Crippen LogP contribution >= 0.6 is 0 Å². The third kappa shape index (κ3) is 6.33. The van der Waals surface area contributed by atoms with Gasteiger partial charge in [-0.1, -0.05) is 17.3 Å². The van der Waals surface area contributed by atoms with Gasteiger partial charge < -0.3 is 19.3 Å². The first-order valence-electron chi connectivity index (χ1n) is 9.09. The molecule has 3 aromatic rings. The first kappa shape index (κ1) is 21.9. The first-order valence-corrected chi connectivity index (χ1v) is 9.09. The van der Waals surface area contributed by atoms with Crippen LogP contribution in [0.15, 0.2) is 59.1 Å². The lowest BCUT2D eigenvalue weighted by Crippen LogP contribution is -2.26. The zero-order valence-corrected chi connectivity index (χ0v) is 16.3. The highest BCUT2D eigenvalue weighted by Gasteiger charge is 2.38. The predicted octanol–water partition coefficient (Wildman–Crippen LogP) is 3.97. The van der Waals surface area contributed by atoms with Gasteiger partial charge in [0.15, 0.2) is 0 Å². The van der Waals surface area contributed by atoms with Crippen LogP contribution in [-0.2, 0) is 11.0 Å². The number of nitrogens with zero attached hydrogens (tertiary/aromatic N) is 2. The Morgan fingerprint density at radius 1 is 1.10 bits per heavy atom. The summed E-state index contributed by atoms with van der Waals surface area (Å²) in [5, 5.41) is 6.00. The van der Waals surface area contributed by atoms with Gasteiger partial charge in [0, 0.05) is 11.6 Å². The Morgan fingerprint density at radius 2 is 1.77 bits per heavy atom. The largest absolute Gasteiger partial charge is 0.497 e. The minimum absolute atomic E-state index is 0.171. The second-order valence-electron chi connectivity index (χ2n) is 6.19. The van der Waals surface area contributed by atoms with Crippen molar-refractivity contribution >= 4 is 12.0 Å². The molecule has 0 fully saturated rings. The Balaban J connectivity index is 1.42. The molecule has 0 atom stereocenters. The highest BCUT2D eigenvalue weighted by molar-refractivity contribution is 5.91. The standard InChI is InChI=1S/C21H18F3N3O4/c1-29-16-7-2-14(3-8-16)4-11-18(28)25-12-13-30-17-9-5-15(6-10-17)19-26-20(31-27-19)21(22,23)24/h2-11H,12-13H2,1H3,(H,25,28). The molecule has 0 saturated heterocycles. The van der Waals surface area contributed by atoms with Gasteiger partial charge in [0.1, 0.15) is 18.1 Å². The van der Waals surface area contributed by atoms with Crippen molar-refractivity contribution in [1.29, 1.82) is 0 Å². The second-order valence-corrected chi connectivity index (χ2v) is 6.19. The van der Waals surface area contributed by atoms with Gasteiger partial charge >= 0.3 is 12.1 Å². The molecular formula is C21H18F3N3O4. The lowest BCUT2D eigenvalue weighted by atomic mass is 10.2. The molecule has 0 aliphatic rings. The van der Waals surface area contributed by atoms with Crippen LogP contribution in [0.4, 0.5) is 13.2 Å². The zero-order chi connectivity index (χ0) is 22.3. The van der Waals surface area contributed by atoms with Crippen LogP contribution in [0.5, 0.6) is 11.5 Å². The molecule has 3 rings (SSSR count). The Morgan fingerprint density at radius 3 is 2.39 bits per heavy atom. The molecular weight excluding hydrogens is 415 g/mol. The van der Waals surface area contributed by atoms with Crippen LogP contribution in [0.25, 0.3) is 17.5 Å². The lowest BCUT2D eigenvalue weighted by molar-refractivity contribution is -0.159. The molecule has 1 amide bonds. The van der Waals surface area contributed by atoms with Crippen molar-refractivity contribution in [3.05, 3.63) is 66.1 Å². The molecule has 0 radical (unpaired) electrons. The Kier molecular flexibility index (Phi) is 6.91. The number of ether oxygens (including phenoxy) is 2. The topological polar surface area (TPSA) is 86.5 Å². The number of nitrogens with one attached hydrogen (secondary N) is 1. The predicted molar refractivity (Wildman–Crippen MR) is 105 cm³/mol. The molecule has 0 aliphatic heterocycles. The zero-order valence-electron chi connectivity index (χ0n) is 16.3. The fourth-order valence-electron chi connectivity index (χ4n) is 2.45. The van der Waals surface area contributed by atoms with Crippen molar-refractivity contribution in [1.82, 2.24) is 15.5 Å². The minimum Gasteiger partial charge on any atom is -0.497 e. The smallest absolute Gasteiger partial charge is 0.471 e. The summed E-state index contributed by atoms with van der Waals surface area (Å²) in [6, 6.07) is 13.4. The monoisotopic (exact) mass is 433 g/mol. The molecule has 7 nitrogen and oxygen atoms in total. The van der Waals surface area contributed by atoms with Gasteiger partial charge in [-0.3, -0.25) is 4.79 Å². The number of alkyl halides is 3. The number of hydrogen-bond acceptors (Lipinski definition) is 6. The fourth-order valence-corrected chi connectivity index (χ4v) is 2.45. The van der Waals surface area contributed by atoms with E-state index in [9.17, 15) is 18.0 Å². The van der Waals surface area contributed by atoms with E-state index >= 15 is 0 Å². The van der Waals surface area contributed by atoms with Gasteiger partial charge in [-0.2, -0.15) is 18.2 Å². The van der Waals surface area contributed by atoms with Crippen molar-refractivity contribution in [3.8, 4) is 22.9 Å². The molecule has 0 aliphatic carbocycles. The minimum atomic E-state index is -4.69. The molecule has 1 aromatic heterocycles. The number of aromatic nitrogens is 2. The number of benzene rings is 2. The summed E-state index contributed by atoms with van der Waals surface area (Å²) in [6.45, 7) is 0.481. The van der Waals surface area contributed by atoms with E-state index in [1.807, 2.05) is 12.1 Å². The van der Waals surface area contributed by atoms with Crippen molar-refractivity contribution in [2.75, 3.05) is 20.3 Å². The fraction of sp³-hybridized carbons (Fsp3) is 0.190. The van der Waals surface area contributed by atoms with Gasteiger partial charge in [0.2, 0.25) is 11.7 Å². The van der Waals surface area contributed by atoms with Crippen molar-refractivity contribution < 1.29 is 32.0 Å². The van der Waals surface area contributed by atoms with Gasteiger partial charge in [0.05, 0.1) is 13.7 Å². The van der Waals surface area contributed by atoms with Crippen LogP contribution in [0.3, 0.4) is 0 Å². The molecule has 2 aromatic carbocycles. The number of rotatable bonds is 8. The Labute approximate surface area is 175 Å². The maximum absolute atomic E-state index is 12.5. The maximum Gasteiger partial charge on any atom is 0.471 e. The third-order valence-electron chi connectivity index (χ3n) is 3.99. The molecule has 0 saturated carbocycles. The van der Waals surface area contributed by atoms with E-state index in [0.29, 0.717) is 11.3 Å². The number of halogens is 3. The van der Waals surface area contributed by atoms with Gasteiger partial charge in [-0.05, 0) is 48.0 Å². The van der Waals surface area contributed by atoms with Crippen LogP contribution in [0.1, 0.15) is 11.5 Å². The van der Waals surface area contributed by atoms with E-state index in [1.54, 1.807) is 37.5 Å². The molecule has 0 spiro atoms. The van der Waals surface area contributed by atoms with Crippen LogP contribution in [-0.4, -0.2) is 36.3 Å². The molecule has 10 heteroatoms. The molecule has 162 valence electrons. The SMILES string of the molecule is COc1ccc(C=CC(=O)NCCOc2ccc(-c3noc(C(F)(F)F)n3)cc2)cc1. The highest BCUT2D eigenvalue weighted by Crippen LogP contribution is 2.29. The molecule has 0 unspecified atom stereocenters. The van der Waals surface area contributed by atoms with Crippen LogP contribution in [0.2, 0.25) is 0 Å². The van der Waals surface area contributed by atoms with Crippen molar-refractivity contribution in [3.63, 3.8) is 0 Å². The summed E-state index contributed by atoms with van der Waals surface area (Å²) < 4.78 is 52.3. The van der Waals surface area contributed by atoms with E-state index in [-0.39, 0.29) is 24.9 Å². The van der Waals surface area contributed by atoms with Crippen LogP contribution < -0.4 is 14.8 Å². The summed E-state index contributed by atoms with van der Waals surface area (Å²) in [7, 11) is 1.58. The quantitative estimate of drug-likeness (QED) is 0.427. The summed E-state index contributed by atoms with van der Waals surface area (Å²) in [5.74, 6) is -0.636. The average molecular weight is 433 g/mol. The van der Waals surface area contributed by atoms with Gasteiger partial charge in [-0.15, -0.1) is 0 Å². The van der Waals surface area contributed by atoms with Crippen molar-refractivity contribution in [2.24, 2.45) is 0 Å². The second kappa shape index (κ2) is 9.79. The van der Waals surface area contributed by atoms with Crippen molar-refractivity contribution in [2.45, 2.75) is 6.18 Å². The van der Waals surface area contributed by atoms with E-state index in [2.05, 4.69) is 20.0 Å². The summed E-state index contributed by atoms with van der Waals surface area (Å²) in [5.41, 5.74) is 1.21. The first-order chi connectivity index (χ1) is 14.8. The number of methoxy groups -OCH3 is 1. The number of amides is 1. The molecule has 1 heterocycles. The van der Waals surface area contributed by atoms with Crippen LogP contribution in [0, 0.1) is 0 Å². The molecule has 1 N–H and O–H groups in total. The average Bonchev–Trinajstić information content (AvgIpc) is 3.27. The Bertz CT molecular complexity index is 1030. The summed E-state index contributed by atoms with van der Waals surface area (Å²) in [6.07, 6.45) is -1.60. The van der Waals surface area contributed by atoms with E-state index in [1.165, 1.54) is 18.2 Å². The third-order valence-corrected chi connectivity index (χ3v) is 3.99. The van der Waals surface area contributed by atoms with E-state index in [0.717, 1.165) is 11.3 Å². The Hall–Kier alpha value is -3.82.